The minimum Gasteiger partial charge on any atom is -0.351 e. The zero-order chi connectivity index (χ0) is 13.5. The Hall–Kier alpha value is -1.82. The highest BCUT2D eigenvalue weighted by molar-refractivity contribution is 6.33. The molecule has 7 heteroatoms. The molecule has 1 aromatic heterocycles. The summed E-state index contributed by atoms with van der Waals surface area (Å²) in [6.07, 6.45) is 1.58. The zero-order valence-corrected chi connectivity index (χ0v) is 11.0. The van der Waals surface area contributed by atoms with Gasteiger partial charge in [-0.1, -0.05) is 25.4 Å². The van der Waals surface area contributed by atoms with Gasteiger partial charge in [0.05, 0.1) is 5.02 Å². The number of aromatic nitrogens is 1. The summed E-state index contributed by atoms with van der Waals surface area (Å²) in [5.74, 6) is 1.00. The molecule has 4 N–H and O–H groups in total. The van der Waals surface area contributed by atoms with Gasteiger partial charge in [0, 0.05) is 12.7 Å². The van der Waals surface area contributed by atoms with Crippen molar-refractivity contribution in [3.8, 4) is 0 Å². The van der Waals surface area contributed by atoms with Crippen LogP contribution in [0.5, 0.6) is 0 Å². The van der Waals surface area contributed by atoms with Crippen molar-refractivity contribution in [2.24, 2.45) is 16.6 Å². The van der Waals surface area contributed by atoms with Crippen LogP contribution < -0.4 is 16.4 Å². The molecule has 0 saturated heterocycles. The number of halogens is 1. The molecule has 98 valence electrons. The Bertz CT molecular complexity index is 447. The Labute approximate surface area is 111 Å². The van der Waals surface area contributed by atoms with Gasteiger partial charge in [0.25, 0.3) is 0 Å². The van der Waals surface area contributed by atoms with E-state index in [0.29, 0.717) is 23.3 Å². The highest BCUT2D eigenvalue weighted by Crippen LogP contribution is 2.16. The Balaban J connectivity index is 2.81. The molecule has 0 radical (unpaired) electrons. The van der Waals surface area contributed by atoms with Gasteiger partial charge in [0.15, 0.2) is 5.82 Å². The monoisotopic (exact) mass is 269 g/mol. The van der Waals surface area contributed by atoms with Gasteiger partial charge in [-0.25, -0.2) is 9.78 Å². The molecule has 0 fully saturated rings. The van der Waals surface area contributed by atoms with Crippen molar-refractivity contribution in [2.75, 3.05) is 11.9 Å². The summed E-state index contributed by atoms with van der Waals surface area (Å²) in [6.45, 7) is 4.57. The summed E-state index contributed by atoms with van der Waals surface area (Å²) in [4.78, 5) is 19.1. The molecule has 0 atom stereocenters. The summed E-state index contributed by atoms with van der Waals surface area (Å²) in [7, 11) is 0. The van der Waals surface area contributed by atoms with Crippen LogP contribution in [0, 0.1) is 5.92 Å². The molecule has 0 aromatic carbocycles. The van der Waals surface area contributed by atoms with Crippen LogP contribution in [-0.2, 0) is 0 Å². The van der Waals surface area contributed by atoms with E-state index in [1.165, 1.54) is 0 Å². The molecule has 1 aromatic rings. The molecule has 1 heterocycles. The van der Waals surface area contributed by atoms with E-state index >= 15 is 0 Å². The molecule has 1 rings (SSSR count). The Morgan fingerprint density at radius 2 is 2.33 bits per heavy atom. The second-order valence-corrected chi connectivity index (χ2v) is 4.44. The lowest BCUT2D eigenvalue weighted by Gasteiger charge is -2.11. The van der Waals surface area contributed by atoms with Crippen molar-refractivity contribution >= 4 is 29.4 Å². The molecule has 0 saturated carbocycles. The molecule has 2 amide bonds. The zero-order valence-electron chi connectivity index (χ0n) is 10.3. The molecule has 0 aliphatic carbocycles. The first-order valence-corrected chi connectivity index (χ1v) is 5.85. The first-order valence-electron chi connectivity index (χ1n) is 5.47. The predicted molar refractivity (Wildman–Crippen MR) is 72.7 cm³/mol. The highest BCUT2D eigenvalue weighted by Gasteiger charge is 2.07. The number of pyridine rings is 1. The van der Waals surface area contributed by atoms with Gasteiger partial charge in [-0.3, -0.25) is 10.3 Å². The normalized spacial score (nSPS) is 11.4. The molecule has 0 unspecified atom stereocenters. The highest BCUT2D eigenvalue weighted by atomic mass is 35.5. The number of nitrogens with two attached hydrogens (primary N) is 1. The van der Waals surface area contributed by atoms with Gasteiger partial charge < -0.3 is 11.1 Å². The molecule has 6 nitrogen and oxygen atoms in total. The summed E-state index contributed by atoms with van der Waals surface area (Å²) < 4.78 is 0. The molecule has 0 aliphatic rings. The second kappa shape index (κ2) is 6.80. The van der Waals surface area contributed by atoms with Crippen LogP contribution in [0.3, 0.4) is 0 Å². The van der Waals surface area contributed by atoms with Crippen LogP contribution in [0.25, 0.3) is 0 Å². The number of carbonyl (C=O) groups is 1. The van der Waals surface area contributed by atoms with Gasteiger partial charge in [0.2, 0.25) is 5.96 Å². The lowest BCUT2D eigenvalue weighted by molar-refractivity contribution is 0.253. The standard InChI is InChI=1S/C11H16ClN5O/c1-7(2)6-15-11(17-10(13)18)16-9-8(12)4-3-5-14-9/h3-5,7H,6H2,1-2H3,(H4,13,14,15,16,17,18). The number of rotatable bonds is 3. The minimum absolute atomic E-state index is 0.233. The van der Waals surface area contributed by atoms with Crippen LogP contribution in [-0.4, -0.2) is 23.5 Å². The van der Waals surface area contributed by atoms with Crippen molar-refractivity contribution in [1.29, 1.82) is 0 Å². The van der Waals surface area contributed by atoms with Crippen molar-refractivity contribution in [3.63, 3.8) is 0 Å². The average Bonchev–Trinajstić information content (AvgIpc) is 2.28. The van der Waals surface area contributed by atoms with Crippen LogP contribution >= 0.6 is 11.6 Å². The van der Waals surface area contributed by atoms with E-state index in [1.54, 1.807) is 18.3 Å². The molecular weight excluding hydrogens is 254 g/mol. The quantitative estimate of drug-likeness (QED) is 0.577. The lowest BCUT2D eigenvalue weighted by Crippen LogP contribution is -2.40. The molecule has 0 aliphatic heterocycles. The van der Waals surface area contributed by atoms with Gasteiger partial charge in [0.1, 0.15) is 0 Å². The first kappa shape index (κ1) is 14.2. The van der Waals surface area contributed by atoms with E-state index in [2.05, 4.69) is 20.6 Å². The van der Waals surface area contributed by atoms with Crippen LogP contribution in [0.4, 0.5) is 10.6 Å². The second-order valence-electron chi connectivity index (χ2n) is 4.03. The molecule has 0 bridgehead atoms. The van der Waals surface area contributed by atoms with Gasteiger partial charge >= 0.3 is 6.03 Å². The SMILES string of the molecule is CC(C)CN=C(NC(N)=O)Nc1ncccc1Cl. The van der Waals surface area contributed by atoms with E-state index in [-0.39, 0.29) is 5.96 Å². The third kappa shape index (κ3) is 5.01. The smallest absolute Gasteiger partial charge is 0.318 e. The topological polar surface area (TPSA) is 92.4 Å². The maximum atomic E-state index is 10.9. The summed E-state index contributed by atoms with van der Waals surface area (Å²) in [5.41, 5.74) is 5.07. The molecule has 18 heavy (non-hydrogen) atoms. The average molecular weight is 270 g/mol. The van der Waals surface area contributed by atoms with E-state index in [9.17, 15) is 4.79 Å². The Kier molecular flexibility index (Phi) is 5.38. The number of guanidine groups is 1. The van der Waals surface area contributed by atoms with Gasteiger partial charge in [-0.05, 0) is 18.1 Å². The molecule has 0 spiro atoms. The number of anilines is 1. The van der Waals surface area contributed by atoms with Crippen molar-refractivity contribution in [1.82, 2.24) is 10.3 Å². The van der Waals surface area contributed by atoms with Crippen LogP contribution in [0.15, 0.2) is 23.3 Å². The fourth-order valence-corrected chi connectivity index (χ4v) is 1.26. The Morgan fingerprint density at radius 1 is 1.61 bits per heavy atom. The Morgan fingerprint density at radius 3 is 2.89 bits per heavy atom. The first-order chi connectivity index (χ1) is 8.49. The summed E-state index contributed by atoms with van der Waals surface area (Å²) in [6, 6.07) is 2.69. The number of hydrogen-bond acceptors (Lipinski definition) is 3. The van der Waals surface area contributed by atoms with Crippen molar-refractivity contribution < 1.29 is 4.79 Å². The van der Waals surface area contributed by atoms with E-state index in [1.807, 2.05) is 13.8 Å². The number of urea groups is 1. The minimum atomic E-state index is -0.697. The van der Waals surface area contributed by atoms with E-state index in [0.717, 1.165) is 0 Å². The van der Waals surface area contributed by atoms with Crippen molar-refractivity contribution in [3.05, 3.63) is 23.4 Å². The number of nitrogens with zero attached hydrogens (tertiary/aromatic N) is 2. The third-order valence-electron chi connectivity index (χ3n) is 1.85. The van der Waals surface area contributed by atoms with Crippen LogP contribution in [0.2, 0.25) is 5.02 Å². The largest absolute Gasteiger partial charge is 0.351 e. The summed E-state index contributed by atoms with van der Waals surface area (Å²) in [5, 5.41) is 5.65. The van der Waals surface area contributed by atoms with Crippen molar-refractivity contribution in [2.45, 2.75) is 13.8 Å². The third-order valence-corrected chi connectivity index (χ3v) is 2.16. The fraction of sp³-hybridized carbons (Fsp3) is 0.364. The number of hydrogen-bond donors (Lipinski definition) is 3. The van der Waals surface area contributed by atoms with E-state index < -0.39 is 6.03 Å². The van der Waals surface area contributed by atoms with E-state index in [4.69, 9.17) is 17.3 Å². The summed E-state index contributed by atoms with van der Waals surface area (Å²) >= 11 is 5.94. The maximum Gasteiger partial charge on any atom is 0.318 e. The maximum absolute atomic E-state index is 10.9. The van der Waals surface area contributed by atoms with Crippen LogP contribution in [0.1, 0.15) is 13.8 Å². The number of carbonyl (C=O) groups excluding carboxylic acids is 1. The van der Waals surface area contributed by atoms with Gasteiger partial charge in [-0.15, -0.1) is 0 Å². The number of amides is 2. The number of aliphatic imine (C=N–C) groups is 1. The number of primary amides is 1. The fourth-order valence-electron chi connectivity index (χ4n) is 1.09. The predicted octanol–water partition coefficient (Wildman–Crippen LogP) is 1.83. The lowest BCUT2D eigenvalue weighted by atomic mass is 10.2. The van der Waals surface area contributed by atoms with Gasteiger partial charge in [-0.2, -0.15) is 0 Å². The number of nitrogens with one attached hydrogen (secondary N) is 2. The molecular formula is C11H16ClN5O.